The van der Waals surface area contributed by atoms with Crippen molar-refractivity contribution < 1.29 is 4.74 Å². The molecule has 0 aliphatic carbocycles. The van der Waals surface area contributed by atoms with Crippen LogP contribution in [0.4, 0.5) is 0 Å². The molecule has 2 heterocycles. The SMILES string of the molecule is CCCCCCCCOc1ccc2c(c1)sc1c3ccc(C)cc3sc21. The number of aryl methyl sites for hydroxylation is 1. The van der Waals surface area contributed by atoms with Gasteiger partial charge in [-0.2, -0.15) is 0 Å². The van der Waals surface area contributed by atoms with Crippen LogP contribution in [0.5, 0.6) is 5.75 Å². The molecule has 0 N–H and O–H groups in total. The maximum Gasteiger partial charge on any atom is 0.120 e. The van der Waals surface area contributed by atoms with Gasteiger partial charge in [0.1, 0.15) is 5.75 Å². The molecule has 0 radical (unpaired) electrons. The molecule has 0 aliphatic rings. The van der Waals surface area contributed by atoms with Crippen LogP contribution in [0.15, 0.2) is 36.4 Å². The number of benzene rings is 2. The van der Waals surface area contributed by atoms with Gasteiger partial charge >= 0.3 is 0 Å². The standard InChI is InChI=1S/C23H26OS2/c1-3-4-5-6-7-8-13-24-17-10-12-19-21(15-17)26-22-18-11-9-16(2)14-20(18)25-23(19)22/h9-12,14-15H,3-8,13H2,1-2H3. The highest BCUT2D eigenvalue weighted by molar-refractivity contribution is 7.36. The van der Waals surface area contributed by atoms with Crippen LogP contribution < -0.4 is 4.74 Å². The van der Waals surface area contributed by atoms with Gasteiger partial charge in [-0.25, -0.2) is 0 Å². The molecule has 4 aromatic rings. The normalized spacial score (nSPS) is 11.8. The molecule has 0 saturated carbocycles. The molecular formula is C23H26OS2. The van der Waals surface area contributed by atoms with Crippen molar-refractivity contribution in [2.24, 2.45) is 0 Å². The summed E-state index contributed by atoms with van der Waals surface area (Å²) in [5.74, 6) is 1.01. The molecule has 3 heteroatoms. The second-order valence-electron chi connectivity index (χ2n) is 7.14. The maximum atomic E-state index is 6.01. The quantitative estimate of drug-likeness (QED) is 0.278. The predicted molar refractivity (Wildman–Crippen MR) is 118 cm³/mol. The largest absolute Gasteiger partial charge is 0.494 e. The minimum absolute atomic E-state index is 0.833. The first kappa shape index (κ1) is 17.8. The van der Waals surface area contributed by atoms with E-state index < -0.39 is 0 Å². The van der Waals surface area contributed by atoms with Crippen molar-refractivity contribution >= 4 is 52.2 Å². The lowest BCUT2D eigenvalue weighted by Crippen LogP contribution is -1.96. The summed E-state index contributed by atoms with van der Waals surface area (Å²) in [6.45, 7) is 5.26. The molecule has 0 spiro atoms. The molecule has 136 valence electrons. The number of ether oxygens (including phenoxy) is 1. The highest BCUT2D eigenvalue weighted by Crippen LogP contribution is 2.45. The van der Waals surface area contributed by atoms with Crippen LogP contribution in [0.1, 0.15) is 51.0 Å². The van der Waals surface area contributed by atoms with E-state index in [9.17, 15) is 0 Å². The van der Waals surface area contributed by atoms with Crippen LogP contribution in [0.25, 0.3) is 29.6 Å². The third-order valence-electron chi connectivity index (χ3n) is 4.98. The van der Waals surface area contributed by atoms with Gasteiger partial charge in [-0.05, 0) is 43.2 Å². The van der Waals surface area contributed by atoms with Crippen LogP contribution in [0.3, 0.4) is 0 Å². The summed E-state index contributed by atoms with van der Waals surface area (Å²) in [5.41, 5.74) is 1.33. The maximum absolute atomic E-state index is 6.01. The van der Waals surface area contributed by atoms with Gasteiger partial charge in [0, 0.05) is 20.2 Å². The lowest BCUT2D eigenvalue weighted by molar-refractivity contribution is 0.305. The molecule has 4 rings (SSSR count). The molecule has 1 nitrogen and oxygen atoms in total. The van der Waals surface area contributed by atoms with E-state index in [2.05, 4.69) is 50.2 Å². The summed E-state index contributed by atoms with van der Waals surface area (Å²) >= 11 is 3.82. The summed E-state index contributed by atoms with van der Waals surface area (Å²) in [6, 6.07) is 13.4. The van der Waals surface area contributed by atoms with E-state index >= 15 is 0 Å². The Balaban J connectivity index is 1.48. The average molecular weight is 383 g/mol. The van der Waals surface area contributed by atoms with E-state index in [0.717, 1.165) is 18.8 Å². The van der Waals surface area contributed by atoms with Crippen molar-refractivity contribution in [2.75, 3.05) is 6.61 Å². The summed E-state index contributed by atoms with van der Waals surface area (Å²) < 4.78 is 11.6. The lowest BCUT2D eigenvalue weighted by Gasteiger charge is -2.06. The van der Waals surface area contributed by atoms with Crippen LogP contribution in [-0.2, 0) is 0 Å². The van der Waals surface area contributed by atoms with Gasteiger partial charge in [-0.15, -0.1) is 22.7 Å². The second-order valence-corrected chi connectivity index (χ2v) is 9.24. The first-order valence-corrected chi connectivity index (χ1v) is 11.4. The Hall–Kier alpha value is -1.58. The van der Waals surface area contributed by atoms with E-state index in [4.69, 9.17) is 4.74 Å². The number of thiophene rings is 2. The average Bonchev–Trinajstić information content (AvgIpc) is 3.15. The number of rotatable bonds is 8. The third kappa shape index (κ3) is 3.60. The van der Waals surface area contributed by atoms with E-state index in [1.165, 1.54) is 67.2 Å². The van der Waals surface area contributed by atoms with Crippen LogP contribution >= 0.6 is 22.7 Å². The Kier molecular flexibility index (Phi) is 5.46. The number of fused-ring (bicyclic) bond motifs is 5. The number of unbranched alkanes of at least 4 members (excludes halogenated alkanes) is 5. The minimum atomic E-state index is 0.833. The molecule has 0 saturated heterocycles. The molecular weight excluding hydrogens is 356 g/mol. The van der Waals surface area contributed by atoms with Gasteiger partial charge < -0.3 is 4.74 Å². The zero-order valence-electron chi connectivity index (χ0n) is 15.6. The van der Waals surface area contributed by atoms with Crippen molar-refractivity contribution in [3.05, 3.63) is 42.0 Å². The Morgan fingerprint density at radius 2 is 1.42 bits per heavy atom. The molecule has 0 bridgehead atoms. The first-order valence-electron chi connectivity index (χ1n) is 9.74. The van der Waals surface area contributed by atoms with Gasteiger partial charge in [0.15, 0.2) is 0 Å². The number of hydrogen-bond donors (Lipinski definition) is 0. The van der Waals surface area contributed by atoms with E-state index in [1.54, 1.807) is 0 Å². The summed E-state index contributed by atoms with van der Waals surface area (Å²) in [4.78, 5) is 0. The molecule has 2 aromatic heterocycles. The molecule has 2 aromatic carbocycles. The van der Waals surface area contributed by atoms with Crippen LogP contribution in [0, 0.1) is 6.92 Å². The smallest absolute Gasteiger partial charge is 0.120 e. The highest BCUT2D eigenvalue weighted by atomic mass is 32.1. The second kappa shape index (κ2) is 7.98. The van der Waals surface area contributed by atoms with E-state index in [-0.39, 0.29) is 0 Å². The molecule has 0 amide bonds. The Bertz CT molecular complexity index is 1020. The van der Waals surface area contributed by atoms with E-state index in [1.807, 2.05) is 22.7 Å². The summed E-state index contributed by atoms with van der Waals surface area (Å²) in [5, 5.41) is 2.77. The molecule has 26 heavy (non-hydrogen) atoms. The molecule has 0 atom stereocenters. The van der Waals surface area contributed by atoms with Crippen molar-refractivity contribution in [1.29, 1.82) is 0 Å². The predicted octanol–water partition coefficient (Wildman–Crippen LogP) is 8.32. The fourth-order valence-electron chi connectivity index (χ4n) is 3.51. The van der Waals surface area contributed by atoms with Gasteiger partial charge in [0.05, 0.1) is 16.0 Å². The van der Waals surface area contributed by atoms with Crippen molar-refractivity contribution in [3.63, 3.8) is 0 Å². The highest BCUT2D eigenvalue weighted by Gasteiger charge is 2.12. The number of hydrogen-bond acceptors (Lipinski definition) is 3. The van der Waals surface area contributed by atoms with Gasteiger partial charge in [0.2, 0.25) is 0 Å². The zero-order chi connectivity index (χ0) is 17.9. The summed E-state index contributed by atoms with van der Waals surface area (Å²) in [6.07, 6.45) is 7.81. The fraction of sp³-hybridized carbons (Fsp3) is 0.391. The molecule has 0 aliphatic heterocycles. The molecule has 0 fully saturated rings. The monoisotopic (exact) mass is 382 g/mol. The van der Waals surface area contributed by atoms with Gasteiger partial charge in [-0.1, -0.05) is 51.2 Å². The fourth-order valence-corrected chi connectivity index (χ4v) is 6.29. The summed E-state index contributed by atoms with van der Waals surface area (Å²) in [7, 11) is 0. The topological polar surface area (TPSA) is 9.23 Å². The molecule has 0 unspecified atom stereocenters. The van der Waals surface area contributed by atoms with Crippen LogP contribution in [0.2, 0.25) is 0 Å². The minimum Gasteiger partial charge on any atom is -0.494 e. The first-order chi connectivity index (χ1) is 12.8. The zero-order valence-corrected chi connectivity index (χ0v) is 17.3. The van der Waals surface area contributed by atoms with Gasteiger partial charge in [0.25, 0.3) is 0 Å². The Labute approximate surface area is 163 Å². The lowest BCUT2D eigenvalue weighted by atomic mass is 10.1. The van der Waals surface area contributed by atoms with Crippen molar-refractivity contribution in [1.82, 2.24) is 0 Å². The Morgan fingerprint density at radius 3 is 2.19 bits per heavy atom. The third-order valence-corrected chi connectivity index (χ3v) is 7.48. The van der Waals surface area contributed by atoms with Gasteiger partial charge in [-0.3, -0.25) is 0 Å². The Morgan fingerprint density at radius 1 is 0.769 bits per heavy atom. The van der Waals surface area contributed by atoms with Crippen molar-refractivity contribution in [2.45, 2.75) is 52.4 Å². The van der Waals surface area contributed by atoms with Crippen LogP contribution in [-0.4, -0.2) is 6.61 Å². The van der Waals surface area contributed by atoms with E-state index in [0.29, 0.717) is 0 Å². The van der Waals surface area contributed by atoms with Crippen molar-refractivity contribution in [3.8, 4) is 5.75 Å².